The highest BCUT2D eigenvalue weighted by Gasteiger charge is 1.87. The van der Waals surface area contributed by atoms with Gasteiger partial charge >= 0.3 is 5.97 Å². The van der Waals surface area contributed by atoms with Crippen molar-refractivity contribution < 1.29 is 14.7 Å². The second-order valence-electron chi connectivity index (χ2n) is 1.42. The van der Waals surface area contributed by atoms with Crippen molar-refractivity contribution in [3.63, 3.8) is 0 Å². The zero-order valence-electron chi connectivity index (χ0n) is 5.95. The summed E-state index contributed by atoms with van der Waals surface area (Å²) < 4.78 is 0. The van der Waals surface area contributed by atoms with Gasteiger partial charge in [-0.3, -0.25) is 9.59 Å². The Bertz CT molecular complexity index is 212. The van der Waals surface area contributed by atoms with Gasteiger partial charge in [0.2, 0.25) is 5.24 Å². The van der Waals surface area contributed by atoms with Crippen LogP contribution in [-0.2, 0) is 9.59 Å². The number of carboxylic acids is 1. The maximum Gasteiger partial charge on any atom is 0.317 e. The standard InChI is InChI=1S/C3H2ClNO.C3H3NO2/c4-3(6)1-2-5;4-2-1-3(5)6/h1H2;1H2,(H,5,6). The van der Waals surface area contributed by atoms with Crippen LogP contribution in [0.3, 0.4) is 0 Å². The number of rotatable bonds is 2. The molecule has 0 aromatic carbocycles. The highest BCUT2D eigenvalue weighted by Crippen LogP contribution is 1.82. The lowest BCUT2D eigenvalue weighted by Gasteiger charge is -1.70. The predicted molar refractivity (Wildman–Crippen MR) is 39.0 cm³/mol. The first-order valence-electron chi connectivity index (χ1n) is 2.68. The van der Waals surface area contributed by atoms with Gasteiger partial charge in [0.05, 0.1) is 12.1 Å². The maximum atomic E-state index is 9.59. The van der Waals surface area contributed by atoms with Crippen molar-refractivity contribution in [2.45, 2.75) is 12.8 Å². The van der Waals surface area contributed by atoms with Gasteiger partial charge in [0.1, 0.15) is 12.8 Å². The first kappa shape index (κ1) is 13.0. The highest BCUT2D eigenvalue weighted by atomic mass is 35.5. The molecule has 0 atom stereocenters. The first-order valence-corrected chi connectivity index (χ1v) is 3.06. The van der Waals surface area contributed by atoms with Gasteiger partial charge in [0.15, 0.2) is 0 Å². The molecule has 0 amide bonds. The van der Waals surface area contributed by atoms with Gasteiger partial charge in [-0.15, -0.1) is 0 Å². The van der Waals surface area contributed by atoms with Crippen LogP contribution in [0.2, 0.25) is 0 Å². The minimum absolute atomic E-state index is 0.193. The van der Waals surface area contributed by atoms with E-state index in [4.69, 9.17) is 27.2 Å². The number of carboxylic acid groups (broad SMARTS) is 1. The van der Waals surface area contributed by atoms with E-state index >= 15 is 0 Å². The number of carbonyl (C=O) groups excluding carboxylic acids is 1. The average molecular weight is 189 g/mol. The van der Waals surface area contributed by atoms with E-state index in [9.17, 15) is 9.59 Å². The molecule has 0 aliphatic rings. The van der Waals surface area contributed by atoms with Gasteiger partial charge in [0, 0.05) is 0 Å². The summed E-state index contributed by atoms with van der Waals surface area (Å²) in [6, 6.07) is 3.05. The number of carbonyl (C=O) groups is 2. The molecule has 1 N–H and O–H groups in total. The van der Waals surface area contributed by atoms with Crippen molar-refractivity contribution in [2.24, 2.45) is 0 Å². The van der Waals surface area contributed by atoms with Crippen LogP contribution < -0.4 is 0 Å². The topological polar surface area (TPSA) is 102 Å². The fourth-order valence-corrected chi connectivity index (χ4v) is 0.190. The number of halogens is 1. The fraction of sp³-hybridized carbons (Fsp3) is 0.333. The summed E-state index contributed by atoms with van der Waals surface area (Å²) in [6.07, 6.45) is -0.596. The van der Waals surface area contributed by atoms with Crippen LogP contribution in [-0.4, -0.2) is 16.3 Å². The third-order valence-corrected chi connectivity index (χ3v) is 0.582. The van der Waals surface area contributed by atoms with Crippen molar-refractivity contribution in [1.82, 2.24) is 0 Å². The normalized spacial score (nSPS) is 6.58. The molecule has 64 valence electrons. The van der Waals surface area contributed by atoms with Crippen LogP contribution in [0, 0.1) is 22.7 Å². The molecule has 0 aromatic rings. The molecule has 0 aliphatic heterocycles. The van der Waals surface area contributed by atoms with Crippen molar-refractivity contribution >= 4 is 22.8 Å². The van der Waals surface area contributed by atoms with E-state index in [-0.39, 0.29) is 6.42 Å². The van der Waals surface area contributed by atoms with Crippen LogP contribution in [0.1, 0.15) is 12.8 Å². The molecule has 0 fully saturated rings. The fourth-order valence-electron chi connectivity index (χ4n) is 0.130. The van der Waals surface area contributed by atoms with Gasteiger partial charge < -0.3 is 5.11 Å². The van der Waals surface area contributed by atoms with E-state index in [1.165, 1.54) is 6.07 Å². The number of hydrogen-bond donors (Lipinski definition) is 1. The maximum absolute atomic E-state index is 9.59. The second-order valence-corrected chi connectivity index (χ2v) is 1.84. The lowest BCUT2D eigenvalue weighted by Crippen LogP contribution is -1.88. The first-order chi connectivity index (χ1) is 5.54. The smallest absolute Gasteiger partial charge is 0.317 e. The van der Waals surface area contributed by atoms with Crippen LogP contribution in [0.25, 0.3) is 0 Å². The van der Waals surface area contributed by atoms with Crippen LogP contribution in [0.15, 0.2) is 0 Å². The van der Waals surface area contributed by atoms with E-state index in [1.54, 1.807) is 6.07 Å². The van der Waals surface area contributed by atoms with Gasteiger partial charge in [-0.2, -0.15) is 10.5 Å². The quantitative estimate of drug-likeness (QED) is 0.641. The SMILES string of the molecule is N#CCC(=O)Cl.N#CCC(=O)O. The molecule has 6 heteroatoms. The third kappa shape index (κ3) is 23.7. The summed E-state index contributed by atoms with van der Waals surface area (Å²) in [6.45, 7) is 0. The molecular weight excluding hydrogens is 184 g/mol. The minimum Gasteiger partial charge on any atom is -0.480 e. The van der Waals surface area contributed by atoms with Crippen LogP contribution >= 0.6 is 11.6 Å². The third-order valence-electron chi connectivity index (χ3n) is 0.448. The summed E-state index contributed by atoms with van der Waals surface area (Å²) in [5.74, 6) is -1.07. The summed E-state index contributed by atoms with van der Waals surface area (Å²) in [7, 11) is 0. The van der Waals surface area contributed by atoms with Crippen molar-refractivity contribution in [3.8, 4) is 12.1 Å². The Balaban J connectivity index is 0. The number of aliphatic carboxylic acids is 1. The van der Waals surface area contributed by atoms with Crippen LogP contribution in [0.5, 0.6) is 0 Å². The lowest BCUT2D eigenvalue weighted by molar-refractivity contribution is -0.135. The van der Waals surface area contributed by atoms with E-state index in [2.05, 4.69) is 0 Å². The number of nitriles is 2. The van der Waals surface area contributed by atoms with Gasteiger partial charge in [-0.05, 0) is 11.6 Å². The Morgan fingerprint density at radius 1 is 1.25 bits per heavy atom. The molecule has 0 heterocycles. The van der Waals surface area contributed by atoms with Gasteiger partial charge in [0.25, 0.3) is 0 Å². The molecule has 0 saturated carbocycles. The molecule has 0 aliphatic carbocycles. The second kappa shape index (κ2) is 9.41. The largest absolute Gasteiger partial charge is 0.480 e. The Labute approximate surface area is 73.8 Å². The monoisotopic (exact) mass is 188 g/mol. The Morgan fingerprint density at radius 3 is 1.67 bits per heavy atom. The molecule has 0 spiro atoms. The summed E-state index contributed by atoms with van der Waals surface area (Å²) in [5, 5.41) is 22.4. The predicted octanol–water partition coefficient (Wildman–Crippen LogP) is 0.650. The Hall–Kier alpha value is -1.59. The zero-order valence-corrected chi connectivity index (χ0v) is 6.71. The summed E-state index contributed by atoms with van der Waals surface area (Å²) >= 11 is 4.72. The summed E-state index contributed by atoms with van der Waals surface area (Å²) in [4.78, 5) is 19.0. The molecule has 0 saturated heterocycles. The molecule has 0 bridgehead atoms. The van der Waals surface area contributed by atoms with E-state index < -0.39 is 17.6 Å². The summed E-state index contributed by atoms with van der Waals surface area (Å²) in [5.41, 5.74) is 0. The van der Waals surface area contributed by atoms with E-state index in [0.717, 1.165) is 0 Å². The molecular formula is C6H5ClN2O3. The lowest BCUT2D eigenvalue weighted by atomic mass is 10.5. The highest BCUT2D eigenvalue weighted by molar-refractivity contribution is 6.63. The average Bonchev–Trinajstić information content (AvgIpc) is 1.87. The molecule has 0 rings (SSSR count). The zero-order chi connectivity index (χ0) is 9.98. The van der Waals surface area contributed by atoms with Crippen molar-refractivity contribution in [2.75, 3.05) is 0 Å². The molecule has 0 aromatic heterocycles. The van der Waals surface area contributed by atoms with Gasteiger partial charge in [-0.1, -0.05) is 0 Å². The Kier molecular flexibility index (Phi) is 10.2. The molecule has 5 nitrogen and oxygen atoms in total. The van der Waals surface area contributed by atoms with Crippen molar-refractivity contribution in [3.05, 3.63) is 0 Å². The number of hydrogen-bond acceptors (Lipinski definition) is 4. The van der Waals surface area contributed by atoms with Gasteiger partial charge in [-0.25, -0.2) is 0 Å². The Morgan fingerprint density at radius 2 is 1.67 bits per heavy atom. The van der Waals surface area contributed by atoms with E-state index in [1.807, 2.05) is 0 Å². The molecule has 0 radical (unpaired) electrons. The molecule has 12 heavy (non-hydrogen) atoms. The van der Waals surface area contributed by atoms with Crippen LogP contribution in [0.4, 0.5) is 0 Å². The van der Waals surface area contributed by atoms with E-state index in [0.29, 0.717) is 0 Å². The minimum atomic E-state index is -1.07. The number of nitrogens with zero attached hydrogens (tertiary/aromatic N) is 2. The van der Waals surface area contributed by atoms with Crippen molar-refractivity contribution in [1.29, 1.82) is 10.5 Å². The molecule has 0 unspecified atom stereocenters.